The van der Waals surface area contributed by atoms with Gasteiger partial charge in [-0.05, 0) is 79.3 Å². The van der Waals surface area contributed by atoms with Crippen molar-refractivity contribution < 1.29 is 23.9 Å². The Morgan fingerprint density at radius 2 is 1.55 bits per heavy atom. The molecule has 0 radical (unpaired) electrons. The summed E-state index contributed by atoms with van der Waals surface area (Å²) in [6, 6.07) is 9.31. The maximum absolute atomic E-state index is 13.9. The third kappa shape index (κ3) is 6.03. The molecule has 44 heavy (non-hydrogen) atoms. The van der Waals surface area contributed by atoms with E-state index in [2.05, 4.69) is 37.9 Å². The van der Waals surface area contributed by atoms with Crippen LogP contribution in [0.1, 0.15) is 82.9 Å². The van der Waals surface area contributed by atoms with Gasteiger partial charge in [0, 0.05) is 54.0 Å². The smallest absolute Gasteiger partial charge is 0.262 e. The van der Waals surface area contributed by atoms with Crippen LogP contribution in [0.25, 0.3) is 0 Å². The molecule has 8 heteroatoms. The third-order valence-corrected chi connectivity index (χ3v) is 9.35. The fraction of sp³-hybridized carbons (Fsp3) is 0.472. The molecule has 0 spiro atoms. The third-order valence-electron chi connectivity index (χ3n) is 9.07. The van der Waals surface area contributed by atoms with Crippen LogP contribution in [0, 0.1) is 24.7 Å². The fourth-order valence-electron chi connectivity index (χ4n) is 6.87. The number of Topliss-reactive ketones (excluding diaryl/α,β-unsaturated/α-hetero) is 2. The van der Waals surface area contributed by atoms with Gasteiger partial charge in [-0.15, -0.1) is 0 Å². The van der Waals surface area contributed by atoms with Gasteiger partial charge in [0.2, 0.25) is 0 Å². The number of rotatable bonds is 7. The van der Waals surface area contributed by atoms with Gasteiger partial charge in [0.15, 0.2) is 29.7 Å². The average molecular weight is 619 g/mol. The average Bonchev–Trinajstić information content (AvgIpc) is 2.91. The van der Waals surface area contributed by atoms with Gasteiger partial charge in [-0.3, -0.25) is 14.4 Å². The first-order chi connectivity index (χ1) is 20.6. The molecule has 2 aromatic rings. The van der Waals surface area contributed by atoms with Crippen LogP contribution in [0.4, 0.5) is 5.69 Å². The minimum Gasteiger partial charge on any atom is -0.490 e. The van der Waals surface area contributed by atoms with Gasteiger partial charge in [-0.1, -0.05) is 51.4 Å². The monoisotopic (exact) mass is 618 g/mol. The van der Waals surface area contributed by atoms with Crippen LogP contribution >= 0.6 is 11.6 Å². The highest BCUT2D eigenvalue weighted by molar-refractivity contribution is 6.32. The molecule has 3 aliphatic rings. The standard InChI is InChI=1S/C36H43ClN2O5/c1-9-43-29-14-22(13-23(37)34(29)44-19-30(42)38-24-12-10-11-20(2)21(24)3)31-32-25(15-35(4,5)17-27(32)40)39(8)26-16-36(6,7)18-28(41)33(26)31/h10-14,31H,9,15-19H2,1-8H3,(H,38,42). The molecule has 0 atom stereocenters. The zero-order valence-corrected chi connectivity index (χ0v) is 27.8. The highest BCUT2D eigenvalue weighted by Gasteiger charge is 2.48. The van der Waals surface area contributed by atoms with Crippen molar-refractivity contribution in [2.75, 3.05) is 25.6 Å². The predicted molar refractivity (Wildman–Crippen MR) is 173 cm³/mol. The van der Waals surface area contributed by atoms with Gasteiger partial charge in [0.25, 0.3) is 5.91 Å². The Labute approximate surface area is 265 Å². The lowest BCUT2D eigenvalue weighted by Crippen LogP contribution is -2.43. The van der Waals surface area contributed by atoms with E-state index >= 15 is 0 Å². The zero-order chi connectivity index (χ0) is 32.1. The first-order valence-corrected chi connectivity index (χ1v) is 15.7. The van der Waals surface area contributed by atoms with E-state index in [9.17, 15) is 14.4 Å². The van der Waals surface area contributed by atoms with E-state index < -0.39 is 5.92 Å². The Morgan fingerprint density at radius 3 is 2.11 bits per heavy atom. The van der Waals surface area contributed by atoms with Crippen molar-refractivity contribution >= 4 is 34.8 Å². The number of halogens is 1. The molecule has 5 rings (SSSR count). The van der Waals surface area contributed by atoms with Gasteiger partial charge >= 0.3 is 0 Å². The van der Waals surface area contributed by atoms with Gasteiger partial charge in [-0.25, -0.2) is 0 Å². The minimum atomic E-state index is -0.554. The molecule has 0 bridgehead atoms. The van der Waals surface area contributed by atoms with E-state index in [1.807, 2.05) is 52.1 Å². The number of hydrogen-bond acceptors (Lipinski definition) is 6. The number of anilines is 1. The predicted octanol–water partition coefficient (Wildman–Crippen LogP) is 7.69. The summed E-state index contributed by atoms with van der Waals surface area (Å²) < 4.78 is 12.0. The molecule has 1 aliphatic heterocycles. The molecule has 0 saturated heterocycles. The van der Waals surface area contributed by atoms with Crippen LogP contribution in [0.3, 0.4) is 0 Å². The van der Waals surface area contributed by atoms with Crippen LogP contribution in [-0.4, -0.2) is 42.6 Å². The van der Waals surface area contributed by atoms with Crippen LogP contribution in [0.2, 0.25) is 5.02 Å². The topological polar surface area (TPSA) is 84.9 Å². The van der Waals surface area contributed by atoms with E-state index in [1.54, 1.807) is 6.07 Å². The summed E-state index contributed by atoms with van der Waals surface area (Å²) >= 11 is 6.87. The summed E-state index contributed by atoms with van der Waals surface area (Å²) in [6.45, 7) is 14.3. The quantitative estimate of drug-likeness (QED) is 0.342. The second-order valence-corrected chi connectivity index (χ2v) is 14.3. The van der Waals surface area contributed by atoms with Crippen molar-refractivity contribution in [2.24, 2.45) is 10.8 Å². The Hall–Kier alpha value is -3.58. The summed E-state index contributed by atoms with van der Waals surface area (Å²) in [5.41, 5.74) is 6.38. The fourth-order valence-corrected chi connectivity index (χ4v) is 7.14. The summed E-state index contributed by atoms with van der Waals surface area (Å²) in [6.07, 6.45) is 2.27. The Balaban J connectivity index is 1.54. The number of allylic oxidation sites excluding steroid dienone is 4. The van der Waals surface area contributed by atoms with Crippen LogP contribution in [-0.2, 0) is 14.4 Å². The first kappa shape index (κ1) is 31.8. The molecule has 7 nitrogen and oxygen atoms in total. The van der Waals surface area contributed by atoms with Crippen LogP contribution < -0.4 is 14.8 Å². The number of nitrogens with zero attached hydrogens (tertiary/aromatic N) is 1. The van der Waals surface area contributed by atoms with Crippen molar-refractivity contribution in [1.82, 2.24) is 4.90 Å². The number of ketones is 2. The second kappa shape index (κ2) is 11.7. The van der Waals surface area contributed by atoms with Crippen LogP contribution in [0.15, 0.2) is 52.9 Å². The second-order valence-electron chi connectivity index (χ2n) is 13.9. The molecule has 234 valence electrons. The normalized spacial score (nSPS) is 19.5. The number of amides is 1. The van der Waals surface area contributed by atoms with Gasteiger partial charge in [0.05, 0.1) is 11.6 Å². The van der Waals surface area contributed by atoms with Gasteiger partial charge in [0.1, 0.15) is 0 Å². The van der Waals surface area contributed by atoms with Crippen molar-refractivity contribution in [3.63, 3.8) is 0 Å². The van der Waals surface area contributed by atoms with Crippen LogP contribution in [0.5, 0.6) is 11.5 Å². The Bertz CT molecular complexity index is 1560. The highest BCUT2D eigenvalue weighted by Crippen LogP contribution is 2.55. The number of carbonyl (C=O) groups is 3. The molecule has 1 heterocycles. The molecule has 2 aliphatic carbocycles. The molecule has 0 unspecified atom stereocenters. The van der Waals surface area contributed by atoms with Crippen molar-refractivity contribution in [1.29, 1.82) is 0 Å². The highest BCUT2D eigenvalue weighted by atomic mass is 35.5. The summed E-state index contributed by atoms with van der Waals surface area (Å²) in [7, 11) is 1.99. The number of carbonyl (C=O) groups excluding carboxylic acids is 3. The summed E-state index contributed by atoms with van der Waals surface area (Å²) in [5.74, 6) is -0.166. The molecule has 0 fully saturated rings. The van der Waals surface area contributed by atoms with Gasteiger partial charge in [-0.2, -0.15) is 0 Å². The molecule has 1 N–H and O–H groups in total. The minimum absolute atomic E-state index is 0.0507. The Morgan fingerprint density at radius 1 is 0.955 bits per heavy atom. The molecule has 0 saturated carbocycles. The van der Waals surface area contributed by atoms with E-state index in [0.717, 1.165) is 41.1 Å². The SMILES string of the molecule is CCOc1cc(C2C3=C(CC(C)(C)CC3=O)N(C)C3=C2C(=O)CC(C)(C)C3)cc(Cl)c1OCC(=O)Nc1cccc(C)c1C. The number of nitrogens with one attached hydrogen (secondary N) is 1. The van der Waals surface area contributed by atoms with E-state index in [4.69, 9.17) is 21.1 Å². The maximum Gasteiger partial charge on any atom is 0.262 e. The van der Waals surface area contributed by atoms with Crippen molar-refractivity contribution in [2.45, 2.75) is 80.1 Å². The molecule has 0 aromatic heterocycles. The lowest BCUT2D eigenvalue weighted by Gasteiger charge is -2.48. The van der Waals surface area contributed by atoms with E-state index in [0.29, 0.717) is 41.9 Å². The number of ether oxygens (including phenoxy) is 2. The van der Waals surface area contributed by atoms with Gasteiger partial charge < -0.3 is 19.7 Å². The van der Waals surface area contributed by atoms with E-state index in [-0.39, 0.29) is 45.7 Å². The molecular formula is C36H43ClN2O5. The van der Waals surface area contributed by atoms with Crippen molar-refractivity contribution in [3.05, 3.63) is 74.6 Å². The first-order valence-electron chi connectivity index (χ1n) is 15.3. The van der Waals surface area contributed by atoms with Crippen molar-refractivity contribution in [3.8, 4) is 11.5 Å². The number of benzene rings is 2. The maximum atomic E-state index is 13.9. The van der Waals surface area contributed by atoms with E-state index in [1.165, 1.54) is 0 Å². The summed E-state index contributed by atoms with van der Waals surface area (Å²) in [4.78, 5) is 42.7. The summed E-state index contributed by atoms with van der Waals surface area (Å²) in [5, 5.41) is 3.16. The lowest BCUT2D eigenvalue weighted by molar-refractivity contribution is -0.120. The Kier molecular flexibility index (Phi) is 8.49. The largest absolute Gasteiger partial charge is 0.490 e. The lowest BCUT2D eigenvalue weighted by atomic mass is 9.63. The molecule has 1 amide bonds. The zero-order valence-electron chi connectivity index (χ0n) is 27.1. The number of hydrogen-bond donors (Lipinski definition) is 1. The molecular weight excluding hydrogens is 576 g/mol. The number of aryl methyl sites for hydroxylation is 1. The molecule has 2 aromatic carbocycles.